The second kappa shape index (κ2) is 11.3. The molecule has 39 heavy (non-hydrogen) atoms. The fourth-order valence-corrected chi connectivity index (χ4v) is 4.07. The Labute approximate surface area is 223 Å². The molecule has 0 fully saturated rings. The van der Waals surface area contributed by atoms with Gasteiger partial charge in [-0.15, -0.1) is 0 Å². The van der Waals surface area contributed by atoms with Crippen molar-refractivity contribution in [2.75, 3.05) is 11.9 Å². The van der Waals surface area contributed by atoms with Gasteiger partial charge in [-0.2, -0.15) is 23.0 Å². The van der Waals surface area contributed by atoms with Gasteiger partial charge in [0.1, 0.15) is 18.2 Å². The molecule has 1 atom stereocenters. The summed E-state index contributed by atoms with van der Waals surface area (Å²) in [6, 6.07) is 11.7. The van der Waals surface area contributed by atoms with E-state index in [-0.39, 0.29) is 17.5 Å². The zero-order valence-electron chi connectivity index (χ0n) is 21.6. The van der Waals surface area contributed by atoms with Crippen LogP contribution in [0, 0.1) is 13.8 Å². The number of nitrogens with one attached hydrogen (secondary N) is 1. The number of alkyl halides is 3. The average molecular weight is 540 g/mol. The highest BCUT2D eigenvalue weighted by molar-refractivity contribution is 5.98. The number of anilines is 2. The van der Waals surface area contributed by atoms with Crippen molar-refractivity contribution in [3.63, 3.8) is 0 Å². The summed E-state index contributed by atoms with van der Waals surface area (Å²) in [7, 11) is 0. The molecule has 0 amide bonds. The van der Waals surface area contributed by atoms with Gasteiger partial charge >= 0.3 is 6.18 Å². The maximum absolute atomic E-state index is 13.4. The number of halogens is 3. The fraction of sp³-hybridized carbons (Fsp3) is 0.286. The first-order valence-corrected chi connectivity index (χ1v) is 12.3. The van der Waals surface area contributed by atoms with Crippen LogP contribution in [0.4, 0.5) is 24.7 Å². The smallest absolute Gasteiger partial charge is 0.393 e. The molecule has 0 aliphatic rings. The van der Waals surface area contributed by atoms with E-state index in [9.17, 15) is 28.2 Å². The molecular weight excluding hydrogens is 511 g/mol. The first kappa shape index (κ1) is 27.9. The number of nitrogens with zero attached hydrogens (tertiary/aromatic N) is 4. The van der Waals surface area contributed by atoms with E-state index in [0.717, 1.165) is 35.5 Å². The van der Waals surface area contributed by atoms with Crippen LogP contribution >= 0.6 is 0 Å². The molecule has 0 bridgehead atoms. The number of rotatable bonds is 9. The number of aliphatic hydroxyl groups excluding tert-OH is 2. The predicted octanol–water partition coefficient (Wildman–Crippen LogP) is 5.06. The zero-order valence-corrected chi connectivity index (χ0v) is 21.6. The maximum atomic E-state index is 13.4. The molecule has 3 N–H and O–H groups in total. The van der Waals surface area contributed by atoms with E-state index in [1.165, 1.54) is 12.4 Å². The summed E-state index contributed by atoms with van der Waals surface area (Å²) in [6.07, 6.45) is -4.21. The Bertz CT molecular complexity index is 1500. The Morgan fingerprint density at radius 1 is 1.08 bits per heavy atom. The summed E-state index contributed by atoms with van der Waals surface area (Å²) in [5.74, 6) is 0.670. The van der Waals surface area contributed by atoms with E-state index in [4.69, 9.17) is 0 Å². The third-order valence-corrected chi connectivity index (χ3v) is 6.21. The molecule has 0 aliphatic heterocycles. The second-order valence-electron chi connectivity index (χ2n) is 9.22. The minimum atomic E-state index is -4.72. The van der Waals surface area contributed by atoms with Gasteiger partial charge in [-0.3, -0.25) is 4.79 Å². The van der Waals surface area contributed by atoms with Crippen molar-refractivity contribution in [3.05, 3.63) is 94.1 Å². The number of aryl methyl sites for hydroxylation is 3. The van der Waals surface area contributed by atoms with E-state index >= 15 is 0 Å². The average Bonchev–Trinajstić information content (AvgIpc) is 3.29. The first-order chi connectivity index (χ1) is 18.5. The van der Waals surface area contributed by atoms with Crippen LogP contribution < -0.4 is 5.32 Å². The number of carbonyl (C=O) groups is 1. The highest BCUT2D eigenvalue weighted by Crippen LogP contribution is 2.33. The number of benzene rings is 2. The predicted molar refractivity (Wildman–Crippen MR) is 139 cm³/mol. The molecule has 204 valence electrons. The Hall–Kier alpha value is -4.09. The molecule has 4 rings (SSSR count). The van der Waals surface area contributed by atoms with Crippen LogP contribution in [0.1, 0.15) is 57.0 Å². The van der Waals surface area contributed by atoms with Crippen molar-refractivity contribution in [1.82, 2.24) is 19.7 Å². The number of aliphatic hydroxyl groups is 2. The second-order valence-corrected chi connectivity index (χ2v) is 9.22. The molecule has 11 heteroatoms. The Morgan fingerprint density at radius 2 is 1.85 bits per heavy atom. The number of carbonyl (C=O) groups excluding carboxylic acids is 1. The summed E-state index contributed by atoms with van der Waals surface area (Å²) in [4.78, 5) is 21.6. The van der Waals surface area contributed by atoms with Crippen LogP contribution in [0.15, 0.2) is 54.9 Å². The molecule has 2 heterocycles. The Kier molecular flexibility index (Phi) is 8.12. The molecule has 0 saturated carbocycles. The Morgan fingerprint density at radius 3 is 2.54 bits per heavy atom. The van der Waals surface area contributed by atoms with Crippen molar-refractivity contribution >= 4 is 17.3 Å². The number of hydrogen-bond acceptors (Lipinski definition) is 7. The maximum Gasteiger partial charge on any atom is 0.416 e. The number of ketones is 1. The molecule has 2 aromatic carbocycles. The van der Waals surface area contributed by atoms with E-state index in [1.54, 1.807) is 16.8 Å². The van der Waals surface area contributed by atoms with Crippen LogP contribution in [-0.2, 0) is 19.0 Å². The first-order valence-electron chi connectivity index (χ1n) is 12.3. The molecule has 1 unspecified atom stereocenters. The van der Waals surface area contributed by atoms with Gasteiger partial charge in [0, 0.05) is 35.5 Å². The van der Waals surface area contributed by atoms with Gasteiger partial charge in [-0.05, 0) is 61.2 Å². The fourth-order valence-electron chi connectivity index (χ4n) is 4.07. The largest absolute Gasteiger partial charge is 0.416 e. The highest BCUT2D eigenvalue weighted by Gasteiger charge is 2.32. The van der Waals surface area contributed by atoms with Gasteiger partial charge in [0.25, 0.3) is 0 Å². The normalized spacial score (nSPS) is 12.4. The molecule has 0 spiro atoms. The van der Waals surface area contributed by atoms with Gasteiger partial charge in [0.15, 0.2) is 11.6 Å². The molecular formula is C28H28F3N5O3. The van der Waals surface area contributed by atoms with Crippen LogP contribution in [-0.4, -0.2) is 42.4 Å². The van der Waals surface area contributed by atoms with E-state index in [0.29, 0.717) is 22.9 Å². The van der Waals surface area contributed by atoms with Gasteiger partial charge in [-0.1, -0.05) is 19.1 Å². The lowest BCUT2D eigenvalue weighted by molar-refractivity contribution is -0.137. The Balaban J connectivity index is 1.62. The number of aromatic nitrogens is 4. The summed E-state index contributed by atoms with van der Waals surface area (Å²) in [6.45, 7) is 4.96. The monoisotopic (exact) mass is 539 g/mol. The highest BCUT2D eigenvalue weighted by atomic mass is 19.4. The number of hydrogen-bond donors (Lipinski definition) is 3. The summed E-state index contributed by atoms with van der Waals surface area (Å²) in [5.41, 5.74) is 2.30. The molecule has 8 nitrogen and oxygen atoms in total. The zero-order chi connectivity index (χ0) is 28.3. The van der Waals surface area contributed by atoms with Crippen molar-refractivity contribution < 1.29 is 28.2 Å². The van der Waals surface area contributed by atoms with Crippen molar-refractivity contribution in [2.24, 2.45) is 0 Å². The van der Waals surface area contributed by atoms with Gasteiger partial charge in [-0.25, -0.2) is 9.97 Å². The SMILES string of the molecule is CCc1cc(-n2nc(C)cc2Nc2cc(CC(=O)c3cc(C(O)CO)cc(C(F)(F)F)c3)ccc2C)ncn1. The molecule has 2 aromatic heterocycles. The summed E-state index contributed by atoms with van der Waals surface area (Å²) >= 11 is 0. The van der Waals surface area contributed by atoms with E-state index < -0.39 is 30.2 Å². The lowest BCUT2D eigenvalue weighted by Gasteiger charge is -2.15. The number of Topliss-reactive ketones (excluding diaryl/α,β-unsaturated/α-hetero) is 1. The molecule has 0 aliphatic carbocycles. The van der Waals surface area contributed by atoms with E-state index in [1.807, 2.05) is 39.0 Å². The lowest BCUT2D eigenvalue weighted by atomic mass is 9.96. The quantitative estimate of drug-likeness (QED) is 0.255. The lowest BCUT2D eigenvalue weighted by Crippen LogP contribution is -2.13. The van der Waals surface area contributed by atoms with Crippen molar-refractivity contribution in [2.45, 2.75) is 45.9 Å². The van der Waals surface area contributed by atoms with Crippen molar-refractivity contribution in [1.29, 1.82) is 0 Å². The van der Waals surface area contributed by atoms with Crippen LogP contribution in [0.5, 0.6) is 0 Å². The van der Waals surface area contributed by atoms with Crippen LogP contribution in [0.2, 0.25) is 0 Å². The molecule has 4 aromatic rings. The topological polar surface area (TPSA) is 113 Å². The summed E-state index contributed by atoms with van der Waals surface area (Å²) < 4.78 is 41.9. The third-order valence-electron chi connectivity index (χ3n) is 6.21. The third kappa shape index (κ3) is 6.50. The summed E-state index contributed by atoms with van der Waals surface area (Å²) in [5, 5.41) is 27.0. The standard InChI is InChI=1S/C28H28F3N5O3/c1-4-22-13-26(33-15-32-22)36-27(7-17(3)35-36)34-23-8-18(6-5-16(23)2)9-24(38)19-10-20(25(39)14-37)12-21(11-19)28(29,30)31/h5-8,10-13,15,25,34,37,39H,4,9,14H2,1-3H3. The van der Waals surface area contributed by atoms with Gasteiger partial charge in [0.2, 0.25) is 0 Å². The van der Waals surface area contributed by atoms with E-state index in [2.05, 4.69) is 20.4 Å². The van der Waals surface area contributed by atoms with Crippen LogP contribution in [0.3, 0.4) is 0 Å². The van der Waals surface area contributed by atoms with Crippen molar-refractivity contribution in [3.8, 4) is 5.82 Å². The minimum absolute atomic E-state index is 0.172. The van der Waals surface area contributed by atoms with Crippen LogP contribution in [0.25, 0.3) is 5.82 Å². The van der Waals surface area contributed by atoms with Gasteiger partial charge in [0.05, 0.1) is 17.9 Å². The molecule has 0 saturated heterocycles. The molecule has 0 radical (unpaired) electrons. The van der Waals surface area contributed by atoms with Gasteiger partial charge < -0.3 is 15.5 Å². The minimum Gasteiger partial charge on any atom is -0.393 e.